The van der Waals surface area contributed by atoms with E-state index in [1.165, 1.54) is 50.9 Å². The number of piperidine rings is 1. The number of benzene rings is 2. The number of aromatic hydroxyl groups is 1. The monoisotopic (exact) mass is 409 g/mol. The minimum absolute atomic E-state index is 0.410. The minimum atomic E-state index is 0.410. The first-order valence-electron chi connectivity index (χ1n) is 11.5. The highest BCUT2D eigenvalue weighted by atomic mass is 16.3. The van der Waals surface area contributed by atoms with Gasteiger partial charge in [-0.2, -0.15) is 0 Å². The largest absolute Gasteiger partial charge is 0.508 e. The molecule has 0 atom stereocenters. The molecule has 1 saturated heterocycles. The predicted octanol–water partition coefficient (Wildman–Crippen LogP) is 4.10. The molecule has 0 bridgehead atoms. The Bertz CT molecular complexity index is 726. The average molecular weight is 410 g/mol. The van der Waals surface area contributed by atoms with E-state index in [1.807, 2.05) is 18.2 Å². The van der Waals surface area contributed by atoms with Gasteiger partial charge in [-0.1, -0.05) is 48.5 Å². The van der Waals surface area contributed by atoms with E-state index in [4.69, 9.17) is 0 Å². The lowest BCUT2D eigenvalue weighted by molar-refractivity contribution is 0.165. The molecule has 3 rings (SSSR count). The number of hydrogen-bond donors (Lipinski definition) is 1. The predicted molar refractivity (Wildman–Crippen MR) is 126 cm³/mol. The molecule has 0 radical (unpaired) electrons. The number of phenols is 1. The van der Waals surface area contributed by atoms with E-state index in [9.17, 15) is 5.11 Å². The lowest BCUT2D eigenvalue weighted by Gasteiger charge is -2.33. The van der Waals surface area contributed by atoms with Gasteiger partial charge in [0.25, 0.3) is 0 Å². The van der Waals surface area contributed by atoms with Gasteiger partial charge in [-0.3, -0.25) is 4.90 Å². The van der Waals surface area contributed by atoms with Crippen molar-refractivity contribution >= 4 is 0 Å². The van der Waals surface area contributed by atoms with Crippen molar-refractivity contribution in [3.63, 3.8) is 0 Å². The molecule has 2 aromatic carbocycles. The van der Waals surface area contributed by atoms with Gasteiger partial charge in [0.15, 0.2) is 0 Å². The minimum Gasteiger partial charge on any atom is -0.508 e. The Labute approximate surface area is 183 Å². The molecular formula is C26H39N3O. The van der Waals surface area contributed by atoms with Crippen molar-refractivity contribution in [2.45, 2.75) is 32.2 Å². The summed E-state index contributed by atoms with van der Waals surface area (Å²) in [5.74, 6) is 1.24. The zero-order valence-corrected chi connectivity index (χ0v) is 18.8. The van der Waals surface area contributed by atoms with E-state index < -0.39 is 0 Å². The molecule has 0 spiro atoms. The van der Waals surface area contributed by atoms with Crippen molar-refractivity contribution < 1.29 is 5.11 Å². The molecule has 0 unspecified atom stereocenters. The van der Waals surface area contributed by atoms with Gasteiger partial charge in [0.2, 0.25) is 0 Å². The molecule has 0 saturated carbocycles. The summed E-state index contributed by atoms with van der Waals surface area (Å²) in [6, 6.07) is 18.7. The first-order valence-corrected chi connectivity index (χ1v) is 11.5. The zero-order chi connectivity index (χ0) is 21.2. The molecule has 1 fully saturated rings. The normalized spacial score (nSPS) is 15.9. The number of para-hydroxylation sites is 1. The maximum atomic E-state index is 10.2. The van der Waals surface area contributed by atoms with Crippen LogP contribution in [0.25, 0.3) is 0 Å². The fourth-order valence-electron chi connectivity index (χ4n) is 4.38. The van der Waals surface area contributed by atoms with E-state index in [-0.39, 0.29) is 0 Å². The average Bonchev–Trinajstić information content (AvgIpc) is 2.75. The SMILES string of the molecule is CN(C)CCN(CCCN1CCC(Cc2ccccc2)CC1)Cc1ccccc1O. The molecular weight excluding hydrogens is 370 g/mol. The molecule has 0 amide bonds. The first kappa shape index (κ1) is 22.8. The Kier molecular flexibility index (Phi) is 9.19. The van der Waals surface area contributed by atoms with E-state index in [0.29, 0.717) is 5.75 Å². The van der Waals surface area contributed by atoms with Gasteiger partial charge < -0.3 is 14.9 Å². The second kappa shape index (κ2) is 12.1. The highest BCUT2D eigenvalue weighted by Gasteiger charge is 2.19. The number of hydrogen-bond acceptors (Lipinski definition) is 4. The van der Waals surface area contributed by atoms with Crippen molar-refractivity contribution in [3.8, 4) is 5.75 Å². The van der Waals surface area contributed by atoms with Crippen LogP contribution in [-0.2, 0) is 13.0 Å². The van der Waals surface area contributed by atoms with Gasteiger partial charge in [0.05, 0.1) is 0 Å². The van der Waals surface area contributed by atoms with Gasteiger partial charge >= 0.3 is 0 Å². The molecule has 1 aliphatic rings. The summed E-state index contributed by atoms with van der Waals surface area (Å²) in [6.45, 7) is 7.60. The molecule has 164 valence electrons. The Morgan fingerprint density at radius 2 is 1.60 bits per heavy atom. The molecule has 0 aromatic heterocycles. The summed E-state index contributed by atoms with van der Waals surface area (Å²) in [5.41, 5.74) is 2.51. The van der Waals surface area contributed by atoms with Crippen LogP contribution in [0, 0.1) is 5.92 Å². The third-order valence-electron chi connectivity index (χ3n) is 6.27. The number of phenolic OH excluding ortho intramolecular Hbond substituents is 1. The van der Waals surface area contributed by atoms with Crippen LogP contribution >= 0.6 is 0 Å². The van der Waals surface area contributed by atoms with Crippen LogP contribution in [0.4, 0.5) is 0 Å². The summed E-state index contributed by atoms with van der Waals surface area (Å²) in [5, 5.41) is 10.2. The number of likely N-dealkylation sites (N-methyl/N-ethyl adjacent to an activating group) is 1. The van der Waals surface area contributed by atoms with Crippen LogP contribution < -0.4 is 0 Å². The Morgan fingerprint density at radius 1 is 0.900 bits per heavy atom. The first-order chi connectivity index (χ1) is 14.6. The number of nitrogens with zero attached hydrogens (tertiary/aromatic N) is 3. The van der Waals surface area contributed by atoms with Crippen molar-refractivity contribution in [3.05, 3.63) is 65.7 Å². The smallest absolute Gasteiger partial charge is 0.120 e. The molecule has 4 nitrogen and oxygen atoms in total. The van der Waals surface area contributed by atoms with Crippen molar-refractivity contribution in [1.82, 2.24) is 14.7 Å². The number of likely N-dealkylation sites (tertiary alicyclic amines) is 1. The van der Waals surface area contributed by atoms with Crippen LogP contribution in [0.15, 0.2) is 54.6 Å². The summed E-state index contributed by atoms with van der Waals surface area (Å²) >= 11 is 0. The molecule has 2 aromatic rings. The summed E-state index contributed by atoms with van der Waals surface area (Å²) < 4.78 is 0. The van der Waals surface area contributed by atoms with Crippen LogP contribution in [0.2, 0.25) is 0 Å². The Morgan fingerprint density at radius 3 is 2.30 bits per heavy atom. The van der Waals surface area contributed by atoms with Crippen LogP contribution in [0.5, 0.6) is 5.75 Å². The second-order valence-electron chi connectivity index (χ2n) is 9.04. The molecule has 0 aliphatic carbocycles. The maximum absolute atomic E-state index is 10.2. The second-order valence-corrected chi connectivity index (χ2v) is 9.04. The Balaban J connectivity index is 1.40. The topological polar surface area (TPSA) is 30.0 Å². The van der Waals surface area contributed by atoms with Crippen LogP contribution in [-0.4, -0.2) is 73.2 Å². The van der Waals surface area contributed by atoms with Gasteiger partial charge in [-0.25, -0.2) is 0 Å². The van der Waals surface area contributed by atoms with Gasteiger partial charge in [-0.05, 0) is 83.5 Å². The molecule has 1 N–H and O–H groups in total. The van der Waals surface area contributed by atoms with Crippen LogP contribution in [0.3, 0.4) is 0 Å². The molecule has 1 aliphatic heterocycles. The van der Waals surface area contributed by atoms with Gasteiger partial charge in [-0.15, -0.1) is 0 Å². The van der Waals surface area contributed by atoms with E-state index in [1.54, 1.807) is 6.07 Å². The van der Waals surface area contributed by atoms with Crippen molar-refractivity contribution in [1.29, 1.82) is 0 Å². The van der Waals surface area contributed by atoms with E-state index in [0.717, 1.165) is 37.7 Å². The highest BCUT2D eigenvalue weighted by molar-refractivity contribution is 5.31. The van der Waals surface area contributed by atoms with Crippen LogP contribution in [0.1, 0.15) is 30.4 Å². The molecule has 1 heterocycles. The van der Waals surface area contributed by atoms with E-state index >= 15 is 0 Å². The lowest BCUT2D eigenvalue weighted by atomic mass is 9.90. The Hall–Kier alpha value is -1.88. The fraction of sp³-hybridized carbons (Fsp3) is 0.538. The summed E-state index contributed by atoms with van der Waals surface area (Å²) in [6.07, 6.45) is 5.05. The molecule has 30 heavy (non-hydrogen) atoms. The fourth-order valence-corrected chi connectivity index (χ4v) is 4.38. The zero-order valence-electron chi connectivity index (χ0n) is 18.8. The number of rotatable bonds is 11. The highest BCUT2D eigenvalue weighted by Crippen LogP contribution is 2.22. The van der Waals surface area contributed by atoms with Crippen molar-refractivity contribution in [2.24, 2.45) is 5.92 Å². The maximum Gasteiger partial charge on any atom is 0.120 e. The standard InChI is InChI=1S/C26H39N3O/c1-27(2)19-20-29(22-25-11-6-7-12-26(25)30)16-8-15-28-17-13-24(14-18-28)21-23-9-4-3-5-10-23/h3-7,9-12,24,30H,8,13-22H2,1-2H3. The van der Waals surface area contributed by atoms with E-state index in [2.05, 4.69) is 59.1 Å². The van der Waals surface area contributed by atoms with Crippen molar-refractivity contribution in [2.75, 3.05) is 53.4 Å². The van der Waals surface area contributed by atoms with Gasteiger partial charge in [0.1, 0.15) is 5.75 Å². The van der Waals surface area contributed by atoms with Gasteiger partial charge in [0, 0.05) is 25.2 Å². The quantitative estimate of drug-likeness (QED) is 0.605. The molecule has 4 heteroatoms. The third-order valence-corrected chi connectivity index (χ3v) is 6.27. The summed E-state index contributed by atoms with van der Waals surface area (Å²) in [4.78, 5) is 7.36. The summed E-state index contributed by atoms with van der Waals surface area (Å²) in [7, 11) is 4.25. The third kappa shape index (κ3) is 7.75. The lowest BCUT2D eigenvalue weighted by Crippen LogP contribution is -2.37.